The molecule has 0 spiro atoms. The fraction of sp³-hybridized carbons (Fsp3) is 0.750. The Labute approximate surface area is 86.5 Å². The van der Waals surface area contributed by atoms with Crippen LogP contribution in [0.4, 0.5) is 0 Å². The molecule has 1 rings (SSSR count). The lowest BCUT2D eigenvalue weighted by molar-refractivity contribution is -0.117. The van der Waals surface area contributed by atoms with Gasteiger partial charge in [-0.3, -0.25) is 4.79 Å². The quantitative estimate of drug-likeness (QED) is 0.682. The molecule has 1 saturated carbocycles. The number of amides is 1. The lowest BCUT2D eigenvalue weighted by atomic mass is 9.72. The number of nitrogens with one attached hydrogen (secondary N) is 1. The number of carbonyl (C=O) groups is 1. The first-order valence-corrected chi connectivity index (χ1v) is 5.40. The van der Waals surface area contributed by atoms with E-state index < -0.39 is 0 Å². The van der Waals surface area contributed by atoms with E-state index in [0.29, 0.717) is 6.04 Å². The van der Waals surface area contributed by atoms with Gasteiger partial charge in [0.25, 0.3) is 5.91 Å². The molecule has 0 radical (unpaired) electrons. The summed E-state index contributed by atoms with van der Waals surface area (Å²) in [6.07, 6.45) is 3.50. The summed E-state index contributed by atoms with van der Waals surface area (Å²) in [6, 6.07) is 0.377. The third-order valence-corrected chi connectivity index (χ3v) is 3.20. The van der Waals surface area contributed by atoms with Gasteiger partial charge in [-0.05, 0) is 37.5 Å². The molecular weight excluding hydrogens is 174 g/mol. The average Bonchev–Trinajstić information content (AvgIpc) is 2.10. The van der Waals surface area contributed by atoms with E-state index in [-0.39, 0.29) is 5.91 Å². The maximum absolute atomic E-state index is 11.1. The van der Waals surface area contributed by atoms with Crippen molar-refractivity contribution in [3.8, 4) is 11.8 Å². The van der Waals surface area contributed by atoms with E-state index in [1.165, 1.54) is 6.42 Å². The summed E-state index contributed by atoms with van der Waals surface area (Å²) in [4.78, 5) is 11.1. The van der Waals surface area contributed by atoms with Crippen LogP contribution in [0, 0.1) is 23.7 Å². The van der Waals surface area contributed by atoms with Crippen molar-refractivity contribution in [2.75, 3.05) is 0 Å². The van der Waals surface area contributed by atoms with E-state index in [9.17, 15) is 4.79 Å². The summed E-state index contributed by atoms with van der Waals surface area (Å²) in [5, 5.41) is 2.91. The Balaban J connectivity index is 2.21. The second-order valence-corrected chi connectivity index (χ2v) is 4.16. The van der Waals surface area contributed by atoms with Crippen LogP contribution < -0.4 is 5.32 Å². The van der Waals surface area contributed by atoms with Crippen molar-refractivity contribution < 1.29 is 4.79 Å². The second kappa shape index (κ2) is 5.05. The minimum absolute atomic E-state index is 0.125. The van der Waals surface area contributed by atoms with Crippen LogP contribution in [0.3, 0.4) is 0 Å². The van der Waals surface area contributed by atoms with Crippen molar-refractivity contribution in [3.05, 3.63) is 0 Å². The molecule has 1 unspecified atom stereocenters. The molecule has 0 aromatic carbocycles. The predicted molar refractivity (Wildman–Crippen MR) is 57.6 cm³/mol. The summed E-state index contributed by atoms with van der Waals surface area (Å²) >= 11 is 0. The molecule has 1 amide bonds. The van der Waals surface area contributed by atoms with E-state index in [1.807, 2.05) is 0 Å². The van der Waals surface area contributed by atoms with Crippen LogP contribution in [-0.2, 0) is 4.79 Å². The first-order valence-electron chi connectivity index (χ1n) is 5.40. The smallest absolute Gasteiger partial charge is 0.296 e. The highest BCUT2D eigenvalue weighted by Gasteiger charge is 2.32. The van der Waals surface area contributed by atoms with Crippen molar-refractivity contribution in [2.45, 2.75) is 46.1 Å². The van der Waals surface area contributed by atoms with Gasteiger partial charge in [0, 0.05) is 6.04 Å². The first-order chi connectivity index (χ1) is 6.67. The standard InChI is InChI=1S/C12H19NO/c1-4-6-12(14)13-11-7-10(8-11)9(3)5-2/h9-11H,5,7-8H2,1-3H3,(H,13,14). The molecule has 0 bridgehead atoms. The minimum Gasteiger partial charge on any atom is -0.343 e. The predicted octanol–water partition coefficient (Wildman–Crippen LogP) is 1.95. The fourth-order valence-electron chi connectivity index (χ4n) is 1.91. The Morgan fingerprint density at radius 3 is 2.71 bits per heavy atom. The van der Waals surface area contributed by atoms with Crippen molar-refractivity contribution >= 4 is 5.91 Å². The topological polar surface area (TPSA) is 29.1 Å². The first kappa shape index (κ1) is 11.1. The highest BCUT2D eigenvalue weighted by molar-refractivity contribution is 5.93. The Kier molecular flexibility index (Phi) is 4.00. The molecule has 1 fully saturated rings. The van der Waals surface area contributed by atoms with Crippen LogP contribution in [0.5, 0.6) is 0 Å². The van der Waals surface area contributed by atoms with Crippen LogP contribution in [0.25, 0.3) is 0 Å². The fourth-order valence-corrected chi connectivity index (χ4v) is 1.91. The third kappa shape index (κ3) is 2.77. The molecule has 1 N–H and O–H groups in total. The van der Waals surface area contributed by atoms with Gasteiger partial charge >= 0.3 is 0 Å². The van der Waals surface area contributed by atoms with Crippen molar-refractivity contribution in [1.29, 1.82) is 0 Å². The molecule has 2 heteroatoms. The zero-order valence-electron chi connectivity index (χ0n) is 9.26. The van der Waals surface area contributed by atoms with Crippen LogP contribution >= 0.6 is 0 Å². The maximum atomic E-state index is 11.1. The highest BCUT2D eigenvalue weighted by atomic mass is 16.1. The van der Waals surface area contributed by atoms with Gasteiger partial charge in [0.2, 0.25) is 0 Å². The van der Waals surface area contributed by atoms with E-state index >= 15 is 0 Å². The third-order valence-electron chi connectivity index (χ3n) is 3.20. The summed E-state index contributed by atoms with van der Waals surface area (Å²) in [7, 11) is 0. The van der Waals surface area contributed by atoms with Gasteiger partial charge in [0.15, 0.2) is 0 Å². The van der Waals surface area contributed by atoms with Crippen LogP contribution in [0.2, 0.25) is 0 Å². The molecule has 1 aliphatic rings. The molecule has 0 aliphatic heterocycles. The normalized spacial score (nSPS) is 26.8. The average molecular weight is 193 g/mol. The molecule has 0 heterocycles. The van der Waals surface area contributed by atoms with Gasteiger partial charge in [-0.15, -0.1) is 0 Å². The van der Waals surface area contributed by atoms with E-state index in [0.717, 1.165) is 24.7 Å². The largest absolute Gasteiger partial charge is 0.343 e. The lowest BCUT2D eigenvalue weighted by Gasteiger charge is -2.39. The zero-order chi connectivity index (χ0) is 10.6. The van der Waals surface area contributed by atoms with Crippen LogP contribution in [-0.4, -0.2) is 11.9 Å². The van der Waals surface area contributed by atoms with Crippen LogP contribution in [0.1, 0.15) is 40.0 Å². The maximum Gasteiger partial charge on any atom is 0.296 e. The van der Waals surface area contributed by atoms with Gasteiger partial charge in [0.05, 0.1) is 0 Å². The number of rotatable bonds is 3. The zero-order valence-corrected chi connectivity index (χ0v) is 9.26. The molecule has 14 heavy (non-hydrogen) atoms. The molecule has 1 atom stereocenters. The summed E-state index contributed by atoms with van der Waals surface area (Å²) in [6.45, 7) is 6.19. The Hall–Kier alpha value is -0.970. The summed E-state index contributed by atoms with van der Waals surface area (Å²) in [5.74, 6) is 6.58. The number of carbonyl (C=O) groups excluding carboxylic acids is 1. The van der Waals surface area contributed by atoms with Gasteiger partial charge in [-0.25, -0.2) is 0 Å². The minimum atomic E-state index is -0.125. The van der Waals surface area contributed by atoms with Crippen LogP contribution in [0.15, 0.2) is 0 Å². The van der Waals surface area contributed by atoms with E-state index in [2.05, 4.69) is 31.0 Å². The Morgan fingerprint density at radius 1 is 1.57 bits per heavy atom. The van der Waals surface area contributed by atoms with E-state index in [1.54, 1.807) is 6.92 Å². The van der Waals surface area contributed by atoms with Crippen molar-refractivity contribution in [3.63, 3.8) is 0 Å². The molecule has 78 valence electrons. The second-order valence-electron chi connectivity index (χ2n) is 4.16. The van der Waals surface area contributed by atoms with Gasteiger partial charge < -0.3 is 5.32 Å². The van der Waals surface area contributed by atoms with E-state index in [4.69, 9.17) is 0 Å². The molecular formula is C12H19NO. The Morgan fingerprint density at radius 2 is 2.21 bits per heavy atom. The van der Waals surface area contributed by atoms with Gasteiger partial charge in [-0.2, -0.15) is 0 Å². The SMILES string of the molecule is CC#CC(=O)NC1CC(C(C)CC)C1. The monoisotopic (exact) mass is 193 g/mol. The van der Waals surface area contributed by atoms with Gasteiger partial charge in [-0.1, -0.05) is 26.2 Å². The Bertz CT molecular complexity index is 255. The molecule has 0 aromatic rings. The molecule has 0 aromatic heterocycles. The number of hydrogen-bond donors (Lipinski definition) is 1. The summed E-state index contributed by atoms with van der Waals surface area (Å²) in [5.41, 5.74) is 0. The summed E-state index contributed by atoms with van der Waals surface area (Å²) < 4.78 is 0. The molecule has 0 saturated heterocycles. The molecule has 1 aliphatic carbocycles. The lowest BCUT2D eigenvalue weighted by Crippen LogP contribution is -2.45. The molecule has 2 nitrogen and oxygen atoms in total. The van der Waals surface area contributed by atoms with Crippen molar-refractivity contribution in [1.82, 2.24) is 5.32 Å². The number of hydrogen-bond acceptors (Lipinski definition) is 1. The van der Waals surface area contributed by atoms with Crippen molar-refractivity contribution in [2.24, 2.45) is 11.8 Å². The highest BCUT2D eigenvalue weighted by Crippen LogP contribution is 2.35. The van der Waals surface area contributed by atoms with Gasteiger partial charge in [0.1, 0.15) is 0 Å².